The van der Waals surface area contributed by atoms with Crippen LogP contribution in [0.5, 0.6) is 0 Å². The maximum Gasteiger partial charge on any atom is 0.270 e. The molecule has 19 heavy (non-hydrogen) atoms. The number of hydrogen-bond donors (Lipinski definition) is 2. The zero-order valence-electron chi connectivity index (χ0n) is 11.4. The molecule has 106 valence electrons. The molecule has 2 rings (SSSR count). The summed E-state index contributed by atoms with van der Waals surface area (Å²) in [7, 11) is 1.72. The van der Waals surface area contributed by atoms with Crippen LogP contribution in [0.15, 0.2) is 12.3 Å². The second-order valence-electron chi connectivity index (χ2n) is 5.25. The highest BCUT2D eigenvalue weighted by molar-refractivity contribution is 6.31. The van der Waals surface area contributed by atoms with Crippen molar-refractivity contribution < 1.29 is 9.90 Å². The molecule has 1 fully saturated rings. The van der Waals surface area contributed by atoms with Crippen molar-refractivity contribution in [2.75, 3.05) is 20.1 Å². The molecule has 0 aliphatic carbocycles. The number of β-amino-alcohol motifs (C(OH)–C–C–N with tert-alkyl or cyclic N) is 1. The molecule has 0 spiro atoms. The first-order valence-corrected chi connectivity index (χ1v) is 6.83. The molecule has 1 aliphatic rings. The number of carbonyl (C=O) groups excluding carboxylic acids is 1. The number of carbonyl (C=O) groups is 1. The van der Waals surface area contributed by atoms with E-state index in [9.17, 15) is 9.90 Å². The molecule has 0 radical (unpaired) electrons. The fourth-order valence-electron chi connectivity index (χ4n) is 2.42. The van der Waals surface area contributed by atoms with Crippen LogP contribution in [0.1, 0.15) is 30.4 Å². The van der Waals surface area contributed by atoms with E-state index in [1.54, 1.807) is 24.2 Å². The first kappa shape index (κ1) is 14.4. The molecule has 6 heteroatoms. The molecule has 0 unspecified atom stereocenters. The van der Waals surface area contributed by atoms with E-state index < -0.39 is 6.10 Å². The van der Waals surface area contributed by atoms with Crippen LogP contribution < -0.4 is 5.32 Å². The third kappa shape index (κ3) is 2.78. The molecule has 1 aromatic heterocycles. The maximum atomic E-state index is 12.5. The second kappa shape index (κ2) is 5.53. The number of halogens is 1. The first-order valence-electron chi connectivity index (χ1n) is 6.45. The normalized spacial score (nSPS) is 23.1. The average Bonchev–Trinajstić information content (AvgIpc) is 2.93. The fraction of sp³-hybridized carbons (Fsp3) is 0.615. The van der Waals surface area contributed by atoms with Gasteiger partial charge in [0.2, 0.25) is 0 Å². The standard InChI is InChI=1S/C13H20ClN3O2/c1-8(2)17-7-9(14)4-10(17)13(19)16(3)11-5-15-6-12(11)18/h4,7-8,11-12,15,18H,5-6H2,1-3H3/t11-,12-/m1/s1. The van der Waals surface area contributed by atoms with Crippen LogP contribution in [-0.2, 0) is 0 Å². The lowest BCUT2D eigenvalue weighted by atomic mass is 10.2. The molecule has 0 bridgehead atoms. The lowest BCUT2D eigenvalue weighted by Gasteiger charge is -2.27. The van der Waals surface area contributed by atoms with Gasteiger partial charge in [0.1, 0.15) is 5.69 Å². The van der Waals surface area contributed by atoms with Gasteiger partial charge in [-0.25, -0.2) is 0 Å². The van der Waals surface area contributed by atoms with E-state index in [1.165, 1.54) is 0 Å². The van der Waals surface area contributed by atoms with Crippen LogP contribution in [-0.4, -0.2) is 52.8 Å². The summed E-state index contributed by atoms with van der Waals surface area (Å²) in [4.78, 5) is 14.1. The zero-order chi connectivity index (χ0) is 14.2. The van der Waals surface area contributed by atoms with Crippen LogP contribution in [0, 0.1) is 0 Å². The minimum atomic E-state index is -0.521. The number of rotatable bonds is 3. The van der Waals surface area contributed by atoms with Gasteiger partial charge in [0.15, 0.2) is 0 Å². The third-order valence-corrected chi connectivity index (χ3v) is 3.77. The molecular formula is C13H20ClN3O2. The summed E-state index contributed by atoms with van der Waals surface area (Å²) in [5, 5.41) is 13.5. The summed E-state index contributed by atoms with van der Waals surface area (Å²) in [5.41, 5.74) is 0.557. The quantitative estimate of drug-likeness (QED) is 0.875. The first-order chi connectivity index (χ1) is 8.91. The van der Waals surface area contributed by atoms with Gasteiger partial charge in [-0.2, -0.15) is 0 Å². The summed E-state index contributed by atoms with van der Waals surface area (Å²) >= 11 is 5.99. The lowest BCUT2D eigenvalue weighted by Crippen LogP contribution is -2.44. The summed E-state index contributed by atoms with van der Waals surface area (Å²) in [6, 6.07) is 1.64. The van der Waals surface area contributed by atoms with Crippen molar-refractivity contribution in [3.63, 3.8) is 0 Å². The number of hydrogen-bond acceptors (Lipinski definition) is 3. The molecule has 2 heterocycles. The van der Waals surface area contributed by atoms with Crippen molar-refractivity contribution in [2.45, 2.75) is 32.0 Å². The molecular weight excluding hydrogens is 266 g/mol. The van der Waals surface area contributed by atoms with Crippen molar-refractivity contribution >= 4 is 17.5 Å². The largest absolute Gasteiger partial charge is 0.390 e. The van der Waals surface area contributed by atoms with Gasteiger partial charge in [0.25, 0.3) is 5.91 Å². The van der Waals surface area contributed by atoms with Crippen LogP contribution in [0.4, 0.5) is 0 Å². The molecule has 1 saturated heterocycles. The Kier molecular flexibility index (Phi) is 4.18. The van der Waals surface area contributed by atoms with Crippen LogP contribution in [0.2, 0.25) is 5.02 Å². The molecule has 1 amide bonds. The maximum absolute atomic E-state index is 12.5. The highest BCUT2D eigenvalue weighted by atomic mass is 35.5. The van der Waals surface area contributed by atoms with E-state index in [2.05, 4.69) is 5.32 Å². The molecule has 0 aromatic carbocycles. The van der Waals surface area contributed by atoms with Crippen molar-refractivity contribution in [1.82, 2.24) is 14.8 Å². The van der Waals surface area contributed by atoms with Gasteiger partial charge in [-0.05, 0) is 19.9 Å². The Morgan fingerprint density at radius 1 is 1.58 bits per heavy atom. The predicted octanol–water partition coefficient (Wildman–Crippen LogP) is 1.13. The topological polar surface area (TPSA) is 57.5 Å². The van der Waals surface area contributed by atoms with Crippen molar-refractivity contribution in [3.05, 3.63) is 23.0 Å². The van der Waals surface area contributed by atoms with Crippen LogP contribution >= 0.6 is 11.6 Å². The molecule has 0 saturated carbocycles. The lowest BCUT2D eigenvalue weighted by molar-refractivity contribution is 0.0570. The molecule has 2 atom stereocenters. The monoisotopic (exact) mass is 285 g/mol. The van der Waals surface area contributed by atoms with Crippen molar-refractivity contribution in [3.8, 4) is 0 Å². The number of nitrogens with zero attached hydrogens (tertiary/aromatic N) is 2. The van der Waals surface area contributed by atoms with Gasteiger partial charge < -0.3 is 19.9 Å². The zero-order valence-corrected chi connectivity index (χ0v) is 12.2. The van der Waals surface area contributed by atoms with Gasteiger partial charge in [-0.1, -0.05) is 11.6 Å². The second-order valence-corrected chi connectivity index (χ2v) is 5.69. The number of nitrogens with one attached hydrogen (secondary N) is 1. The van der Waals surface area contributed by atoms with E-state index >= 15 is 0 Å². The minimum Gasteiger partial charge on any atom is -0.390 e. The van der Waals surface area contributed by atoms with Gasteiger partial charge in [-0.15, -0.1) is 0 Å². The van der Waals surface area contributed by atoms with Gasteiger partial charge >= 0.3 is 0 Å². The predicted molar refractivity (Wildman–Crippen MR) is 74.6 cm³/mol. The fourth-order valence-corrected chi connectivity index (χ4v) is 2.63. The van der Waals surface area contributed by atoms with E-state index in [1.807, 2.05) is 18.4 Å². The molecule has 1 aliphatic heterocycles. The van der Waals surface area contributed by atoms with Gasteiger partial charge in [0, 0.05) is 32.4 Å². The summed E-state index contributed by atoms with van der Waals surface area (Å²) in [6.07, 6.45) is 1.24. The molecule has 2 N–H and O–H groups in total. The summed E-state index contributed by atoms with van der Waals surface area (Å²) in [6.45, 7) is 5.13. The van der Waals surface area contributed by atoms with E-state index in [0.29, 0.717) is 23.8 Å². The highest BCUT2D eigenvalue weighted by Crippen LogP contribution is 2.21. The summed E-state index contributed by atoms with van der Waals surface area (Å²) < 4.78 is 1.86. The smallest absolute Gasteiger partial charge is 0.270 e. The van der Waals surface area contributed by atoms with Crippen molar-refractivity contribution in [2.24, 2.45) is 0 Å². The van der Waals surface area contributed by atoms with Crippen molar-refractivity contribution in [1.29, 1.82) is 0 Å². The number of aliphatic hydroxyl groups is 1. The van der Waals surface area contributed by atoms with E-state index in [0.717, 1.165) is 0 Å². The Morgan fingerprint density at radius 3 is 2.79 bits per heavy atom. The third-order valence-electron chi connectivity index (χ3n) is 3.56. The Morgan fingerprint density at radius 2 is 2.26 bits per heavy atom. The number of amides is 1. The Balaban J connectivity index is 2.24. The number of likely N-dealkylation sites (N-methyl/N-ethyl adjacent to an activating group) is 1. The highest BCUT2D eigenvalue weighted by Gasteiger charge is 2.32. The van der Waals surface area contributed by atoms with Crippen LogP contribution in [0.25, 0.3) is 0 Å². The Bertz CT molecular complexity index is 472. The molecule has 1 aromatic rings. The summed E-state index contributed by atoms with van der Waals surface area (Å²) in [5.74, 6) is -0.117. The Labute approximate surface area is 118 Å². The minimum absolute atomic E-state index is 0.117. The SMILES string of the molecule is CC(C)n1cc(Cl)cc1C(=O)N(C)[C@@H]1CNC[C@H]1O. The average molecular weight is 286 g/mol. The Hall–Kier alpha value is -1.04. The van der Waals surface area contributed by atoms with Gasteiger partial charge in [0.05, 0.1) is 17.2 Å². The number of aliphatic hydroxyl groups excluding tert-OH is 1. The number of aromatic nitrogens is 1. The van der Waals surface area contributed by atoms with Crippen LogP contribution in [0.3, 0.4) is 0 Å². The van der Waals surface area contributed by atoms with Gasteiger partial charge in [-0.3, -0.25) is 4.79 Å². The van der Waals surface area contributed by atoms with E-state index in [4.69, 9.17) is 11.6 Å². The molecule has 5 nitrogen and oxygen atoms in total. The van der Waals surface area contributed by atoms with E-state index in [-0.39, 0.29) is 18.0 Å².